The van der Waals surface area contributed by atoms with Crippen LogP contribution in [0, 0.1) is 0 Å². The summed E-state index contributed by atoms with van der Waals surface area (Å²) in [6.45, 7) is 0. The SMILES string of the molecule is Clc1cccc(-c2[nH]c(-c3ccncc3)c3ccccc23)c1. The number of nitrogens with zero attached hydrogens (tertiary/aromatic N) is 1. The van der Waals surface area contributed by atoms with Gasteiger partial charge in [0.2, 0.25) is 0 Å². The minimum absolute atomic E-state index is 0.738. The van der Waals surface area contributed by atoms with E-state index in [2.05, 4.69) is 40.3 Å². The number of rotatable bonds is 2. The van der Waals surface area contributed by atoms with Gasteiger partial charge >= 0.3 is 0 Å². The quantitative estimate of drug-likeness (QED) is 0.516. The lowest BCUT2D eigenvalue weighted by atomic mass is 10.1. The summed E-state index contributed by atoms with van der Waals surface area (Å²) in [5.74, 6) is 0. The summed E-state index contributed by atoms with van der Waals surface area (Å²) in [5.41, 5.74) is 4.40. The number of benzene rings is 2. The molecule has 2 aromatic carbocycles. The molecule has 0 saturated carbocycles. The summed E-state index contributed by atoms with van der Waals surface area (Å²) in [6, 6.07) is 20.3. The predicted octanol–water partition coefficient (Wildman–Crippen LogP) is 5.55. The van der Waals surface area contributed by atoms with E-state index in [-0.39, 0.29) is 0 Å². The Kier molecular flexibility index (Phi) is 3.17. The molecule has 0 fully saturated rings. The minimum atomic E-state index is 0.738. The number of halogens is 1. The highest BCUT2D eigenvalue weighted by Gasteiger charge is 2.12. The van der Waals surface area contributed by atoms with Gasteiger partial charge in [0.1, 0.15) is 0 Å². The Morgan fingerprint density at radius 2 is 1.41 bits per heavy atom. The molecule has 3 heteroatoms. The van der Waals surface area contributed by atoms with Crippen molar-refractivity contribution in [3.63, 3.8) is 0 Å². The molecule has 0 amide bonds. The topological polar surface area (TPSA) is 28.7 Å². The lowest BCUT2D eigenvalue weighted by molar-refractivity contribution is 1.31. The van der Waals surface area contributed by atoms with Crippen LogP contribution in [0.1, 0.15) is 0 Å². The van der Waals surface area contributed by atoms with Gasteiger partial charge in [-0.25, -0.2) is 0 Å². The maximum absolute atomic E-state index is 6.15. The Hall–Kier alpha value is -2.58. The molecular weight excluding hydrogens is 292 g/mol. The van der Waals surface area contributed by atoms with Crippen molar-refractivity contribution in [1.82, 2.24) is 9.97 Å². The molecule has 0 atom stereocenters. The van der Waals surface area contributed by atoms with Crippen LogP contribution in [0.15, 0.2) is 73.1 Å². The first-order valence-electron chi connectivity index (χ1n) is 7.10. The summed E-state index contributed by atoms with van der Waals surface area (Å²) >= 11 is 6.15. The van der Waals surface area contributed by atoms with Gasteiger partial charge < -0.3 is 4.98 Å². The molecule has 4 rings (SSSR count). The zero-order chi connectivity index (χ0) is 14.9. The predicted molar refractivity (Wildman–Crippen MR) is 92.0 cm³/mol. The molecule has 0 radical (unpaired) electrons. The molecule has 0 aliphatic rings. The number of aromatic nitrogens is 2. The first-order valence-corrected chi connectivity index (χ1v) is 7.48. The van der Waals surface area contributed by atoms with Crippen molar-refractivity contribution in [3.05, 3.63) is 78.1 Å². The highest BCUT2D eigenvalue weighted by Crippen LogP contribution is 2.36. The van der Waals surface area contributed by atoms with Crippen LogP contribution in [-0.4, -0.2) is 9.97 Å². The van der Waals surface area contributed by atoms with Crippen LogP contribution in [0.3, 0.4) is 0 Å². The van der Waals surface area contributed by atoms with Crippen LogP contribution in [0.25, 0.3) is 33.3 Å². The van der Waals surface area contributed by atoms with Crippen molar-refractivity contribution in [3.8, 4) is 22.5 Å². The second kappa shape index (κ2) is 5.32. The van der Waals surface area contributed by atoms with Gasteiger partial charge in [-0.3, -0.25) is 4.98 Å². The fourth-order valence-electron chi connectivity index (χ4n) is 2.80. The zero-order valence-electron chi connectivity index (χ0n) is 11.8. The zero-order valence-corrected chi connectivity index (χ0v) is 12.5. The van der Waals surface area contributed by atoms with Crippen LogP contribution >= 0.6 is 11.6 Å². The molecule has 0 spiro atoms. The molecule has 0 aliphatic heterocycles. The smallest absolute Gasteiger partial charge is 0.0539 e. The monoisotopic (exact) mass is 304 g/mol. The molecule has 0 unspecified atom stereocenters. The normalized spacial score (nSPS) is 11.0. The Balaban J connectivity index is 2.01. The van der Waals surface area contributed by atoms with Crippen molar-refractivity contribution < 1.29 is 0 Å². The van der Waals surface area contributed by atoms with E-state index in [1.165, 1.54) is 10.8 Å². The van der Waals surface area contributed by atoms with E-state index in [1.54, 1.807) is 0 Å². The van der Waals surface area contributed by atoms with E-state index in [0.717, 1.165) is 27.5 Å². The van der Waals surface area contributed by atoms with Crippen LogP contribution in [0.4, 0.5) is 0 Å². The van der Waals surface area contributed by atoms with E-state index >= 15 is 0 Å². The maximum atomic E-state index is 6.15. The molecule has 2 nitrogen and oxygen atoms in total. The lowest BCUT2D eigenvalue weighted by Gasteiger charge is -2.00. The molecule has 0 aliphatic carbocycles. The molecule has 0 saturated heterocycles. The molecule has 2 aromatic heterocycles. The molecule has 0 bridgehead atoms. The van der Waals surface area contributed by atoms with Gasteiger partial charge in [0.15, 0.2) is 0 Å². The number of hydrogen-bond donors (Lipinski definition) is 1. The number of H-pyrrole nitrogens is 1. The third kappa shape index (κ3) is 2.18. The Labute approximate surface area is 133 Å². The largest absolute Gasteiger partial charge is 0.354 e. The summed E-state index contributed by atoms with van der Waals surface area (Å²) < 4.78 is 0. The second-order valence-electron chi connectivity index (χ2n) is 5.17. The van der Waals surface area contributed by atoms with Gasteiger partial charge in [-0.2, -0.15) is 0 Å². The van der Waals surface area contributed by atoms with Gasteiger partial charge in [-0.15, -0.1) is 0 Å². The van der Waals surface area contributed by atoms with Crippen molar-refractivity contribution in [2.24, 2.45) is 0 Å². The van der Waals surface area contributed by atoms with Gasteiger partial charge in [0.25, 0.3) is 0 Å². The first-order chi connectivity index (χ1) is 10.8. The summed E-state index contributed by atoms with van der Waals surface area (Å²) in [6.07, 6.45) is 3.62. The van der Waals surface area contributed by atoms with Crippen molar-refractivity contribution in [2.45, 2.75) is 0 Å². The summed E-state index contributed by atoms with van der Waals surface area (Å²) in [7, 11) is 0. The van der Waals surface area contributed by atoms with Gasteiger partial charge in [0, 0.05) is 39.3 Å². The van der Waals surface area contributed by atoms with Crippen LogP contribution in [0.5, 0.6) is 0 Å². The fraction of sp³-hybridized carbons (Fsp3) is 0. The van der Waals surface area contributed by atoms with Gasteiger partial charge in [-0.05, 0) is 24.3 Å². The number of hydrogen-bond acceptors (Lipinski definition) is 1. The average Bonchev–Trinajstić information content (AvgIpc) is 2.95. The van der Waals surface area contributed by atoms with Crippen molar-refractivity contribution in [2.75, 3.05) is 0 Å². The van der Waals surface area contributed by atoms with E-state index in [4.69, 9.17) is 11.6 Å². The lowest BCUT2D eigenvalue weighted by Crippen LogP contribution is -1.81. The highest BCUT2D eigenvalue weighted by molar-refractivity contribution is 6.30. The van der Waals surface area contributed by atoms with E-state index in [1.807, 2.05) is 42.7 Å². The minimum Gasteiger partial charge on any atom is -0.354 e. The van der Waals surface area contributed by atoms with E-state index in [9.17, 15) is 0 Å². The van der Waals surface area contributed by atoms with Crippen molar-refractivity contribution >= 4 is 22.4 Å². The molecular formula is C19H13ClN2. The van der Waals surface area contributed by atoms with Gasteiger partial charge in [0.05, 0.1) is 11.4 Å². The highest BCUT2D eigenvalue weighted by atomic mass is 35.5. The van der Waals surface area contributed by atoms with E-state index < -0.39 is 0 Å². The number of nitrogens with one attached hydrogen (secondary N) is 1. The average molecular weight is 305 g/mol. The molecule has 2 heterocycles. The maximum Gasteiger partial charge on any atom is 0.0539 e. The fourth-order valence-corrected chi connectivity index (χ4v) is 2.99. The van der Waals surface area contributed by atoms with Gasteiger partial charge in [-0.1, -0.05) is 48.0 Å². The van der Waals surface area contributed by atoms with Crippen LogP contribution in [-0.2, 0) is 0 Å². The van der Waals surface area contributed by atoms with Crippen molar-refractivity contribution in [1.29, 1.82) is 0 Å². The Morgan fingerprint density at radius 3 is 2.09 bits per heavy atom. The Morgan fingerprint density at radius 1 is 0.727 bits per heavy atom. The number of pyridine rings is 1. The molecule has 106 valence electrons. The van der Waals surface area contributed by atoms with Crippen LogP contribution in [0.2, 0.25) is 5.02 Å². The molecule has 1 N–H and O–H groups in total. The molecule has 4 aromatic rings. The first kappa shape index (κ1) is 13.1. The third-order valence-electron chi connectivity index (χ3n) is 3.80. The molecule has 22 heavy (non-hydrogen) atoms. The standard InChI is InChI=1S/C19H13ClN2/c20-15-5-3-4-14(12-15)19-17-7-2-1-6-16(17)18(22-19)13-8-10-21-11-9-13/h1-12,22H. The Bertz CT molecular complexity index is 942. The summed E-state index contributed by atoms with van der Waals surface area (Å²) in [4.78, 5) is 7.66. The summed E-state index contributed by atoms with van der Waals surface area (Å²) in [5, 5.41) is 3.13. The second-order valence-corrected chi connectivity index (χ2v) is 5.60. The number of fused-ring (bicyclic) bond motifs is 1. The van der Waals surface area contributed by atoms with E-state index in [0.29, 0.717) is 0 Å². The number of aromatic amines is 1. The van der Waals surface area contributed by atoms with Crippen LogP contribution < -0.4 is 0 Å². The third-order valence-corrected chi connectivity index (χ3v) is 4.03.